The van der Waals surface area contributed by atoms with Crippen LogP contribution in [0.1, 0.15) is 17.7 Å². The normalized spacial score (nSPS) is 12.0. The Hall–Kier alpha value is -0.190. The standard InChI is InChI=1S/C8H4BrF5INO/c9-1-4-6(17-8(12,13)14)5(15)3(2-16-4)7(10)11/h2,7H,1H2. The van der Waals surface area contributed by atoms with E-state index in [1.807, 2.05) is 0 Å². The van der Waals surface area contributed by atoms with Gasteiger partial charge in [0.1, 0.15) is 0 Å². The molecule has 96 valence electrons. The number of nitrogens with zero attached hydrogens (tertiary/aromatic N) is 1. The molecule has 0 N–H and O–H groups in total. The summed E-state index contributed by atoms with van der Waals surface area (Å²) in [5.74, 6) is -0.687. The summed E-state index contributed by atoms with van der Waals surface area (Å²) in [6.45, 7) is 0. The van der Waals surface area contributed by atoms with E-state index in [-0.39, 0.29) is 14.6 Å². The van der Waals surface area contributed by atoms with Gasteiger partial charge in [-0.1, -0.05) is 15.9 Å². The number of hydrogen-bond acceptors (Lipinski definition) is 2. The Morgan fingerprint density at radius 1 is 1.41 bits per heavy atom. The van der Waals surface area contributed by atoms with Gasteiger partial charge in [-0.25, -0.2) is 8.78 Å². The molecule has 9 heteroatoms. The largest absolute Gasteiger partial charge is 0.573 e. The van der Waals surface area contributed by atoms with Gasteiger partial charge >= 0.3 is 6.36 Å². The van der Waals surface area contributed by atoms with Gasteiger partial charge in [-0.15, -0.1) is 13.2 Å². The summed E-state index contributed by atoms with van der Waals surface area (Å²) < 4.78 is 64.7. The molecule has 0 aliphatic heterocycles. The lowest BCUT2D eigenvalue weighted by atomic mass is 10.2. The van der Waals surface area contributed by atoms with Crippen LogP contribution < -0.4 is 4.74 Å². The third-order valence-corrected chi connectivity index (χ3v) is 3.30. The predicted octanol–water partition coefficient (Wildman–Crippen LogP) is 4.42. The first-order valence-electron chi connectivity index (χ1n) is 4.03. The molecule has 0 unspecified atom stereocenters. The van der Waals surface area contributed by atoms with Gasteiger partial charge < -0.3 is 4.74 Å². The molecule has 0 saturated heterocycles. The maximum atomic E-state index is 12.5. The number of hydrogen-bond donors (Lipinski definition) is 0. The summed E-state index contributed by atoms with van der Waals surface area (Å²) >= 11 is 4.29. The topological polar surface area (TPSA) is 22.1 Å². The first-order valence-corrected chi connectivity index (χ1v) is 6.23. The molecule has 1 rings (SSSR count). The third kappa shape index (κ3) is 3.90. The lowest BCUT2D eigenvalue weighted by Gasteiger charge is -2.15. The molecule has 0 fully saturated rings. The minimum Gasteiger partial charge on any atom is -0.403 e. The zero-order valence-electron chi connectivity index (χ0n) is 7.86. The number of pyridine rings is 1. The second-order valence-electron chi connectivity index (χ2n) is 2.79. The average Bonchev–Trinajstić information content (AvgIpc) is 2.18. The molecule has 0 spiro atoms. The lowest BCUT2D eigenvalue weighted by Crippen LogP contribution is -2.19. The first-order chi connectivity index (χ1) is 7.76. The third-order valence-electron chi connectivity index (χ3n) is 1.65. The van der Waals surface area contributed by atoms with Gasteiger partial charge in [0, 0.05) is 11.5 Å². The number of ether oxygens (including phenoxy) is 1. The van der Waals surface area contributed by atoms with Crippen molar-refractivity contribution in [3.05, 3.63) is 21.0 Å². The van der Waals surface area contributed by atoms with Crippen molar-refractivity contribution in [2.75, 3.05) is 0 Å². The number of halogens is 7. The van der Waals surface area contributed by atoms with Crippen LogP contribution >= 0.6 is 38.5 Å². The fourth-order valence-corrected chi connectivity index (χ4v) is 2.18. The van der Waals surface area contributed by atoms with Gasteiger partial charge in [0.2, 0.25) is 0 Å². The van der Waals surface area contributed by atoms with Gasteiger partial charge in [-0.2, -0.15) is 0 Å². The van der Waals surface area contributed by atoms with Crippen molar-refractivity contribution in [3.63, 3.8) is 0 Å². The maximum Gasteiger partial charge on any atom is 0.573 e. The van der Waals surface area contributed by atoms with Crippen molar-refractivity contribution >= 4 is 38.5 Å². The SMILES string of the molecule is FC(F)c1cnc(CBr)c(OC(F)(F)F)c1I. The van der Waals surface area contributed by atoms with E-state index >= 15 is 0 Å². The summed E-state index contributed by atoms with van der Waals surface area (Å²) in [6, 6.07) is 0. The zero-order valence-corrected chi connectivity index (χ0v) is 11.6. The average molecular weight is 432 g/mol. The molecule has 0 atom stereocenters. The smallest absolute Gasteiger partial charge is 0.403 e. The second-order valence-corrected chi connectivity index (χ2v) is 4.42. The van der Waals surface area contributed by atoms with E-state index in [0.717, 1.165) is 6.20 Å². The van der Waals surface area contributed by atoms with Crippen LogP contribution in [0, 0.1) is 3.57 Å². The highest BCUT2D eigenvalue weighted by Gasteiger charge is 2.34. The predicted molar refractivity (Wildman–Crippen MR) is 61.2 cm³/mol. The van der Waals surface area contributed by atoms with Crippen LogP contribution in [0.15, 0.2) is 6.20 Å². The van der Waals surface area contributed by atoms with Crippen LogP contribution in [-0.4, -0.2) is 11.3 Å². The van der Waals surface area contributed by atoms with E-state index in [9.17, 15) is 22.0 Å². The molecule has 0 bridgehead atoms. The van der Waals surface area contributed by atoms with Crippen molar-refractivity contribution < 1.29 is 26.7 Å². The maximum absolute atomic E-state index is 12.5. The number of rotatable bonds is 3. The minimum atomic E-state index is -4.95. The molecular weight excluding hydrogens is 428 g/mol. The van der Waals surface area contributed by atoms with E-state index in [1.165, 1.54) is 22.6 Å². The molecule has 2 nitrogen and oxygen atoms in total. The fourth-order valence-electron chi connectivity index (χ4n) is 0.987. The Balaban J connectivity index is 3.28. The summed E-state index contributed by atoms with van der Waals surface area (Å²) in [4.78, 5) is 3.51. The van der Waals surface area contributed by atoms with Crippen LogP contribution in [0.2, 0.25) is 0 Å². The molecule has 0 aliphatic rings. The van der Waals surface area contributed by atoms with E-state index in [2.05, 4.69) is 25.7 Å². The number of aromatic nitrogens is 1. The molecule has 1 aromatic heterocycles. The number of alkyl halides is 6. The molecule has 0 amide bonds. The van der Waals surface area contributed by atoms with Gasteiger partial charge in [-0.3, -0.25) is 4.98 Å². The highest BCUT2D eigenvalue weighted by atomic mass is 127. The Morgan fingerprint density at radius 3 is 2.41 bits per heavy atom. The Labute approximate surface area is 115 Å². The van der Waals surface area contributed by atoms with Gasteiger partial charge in [0.25, 0.3) is 6.43 Å². The van der Waals surface area contributed by atoms with Crippen LogP contribution in [0.25, 0.3) is 0 Å². The van der Waals surface area contributed by atoms with E-state index in [0.29, 0.717) is 0 Å². The quantitative estimate of drug-likeness (QED) is 0.401. The molecule has 0 radical (unpaired) electrons. The molecule has 17 heavy (non-hydrogen) atoms. The van der Waals surface area contributed by atoms with Crippen molar-refractivity contribution in [2.24, 2.45) is 0 Å². The molecule has 0 saturated carbocycles. The van der Waals surface area contributed by atoms with Crippen LogP contribution in [-0.2, 0) is 5.33 Å². The van der Waals surface area contributed by atoms with E-state index in [1.54, 1.807) is 0 Å². The van der Waals surface area contributed by atoms with Gasteiger partial charge in [0.05, 0.1) is 14.8 Å². The molecule has 0 aromatic carbocycles. The van der Waals surface area contributed by atoms with Crippen molar-refractivity contribution in [2.45, 2.75) is 18.1 Å². The monoisotopic (exact) mass is 431 g/mol. The molecule has 1 aromatic rings. The van der Waals surface area contributed by atoms with Crippen molar-refractivity contribution in [1.82, 2.24) is 4.98 Å². The summed E-state index contributed by atoms with van der Waals surface area (Å²) in [5, 5.41) is -0.0298. The Bertz CT molecular complexity index is 412. The first kappa shape index (κ1) is 14.9. The zero-order chi connectivity index (χ0) is 13.2. The van der Waals surface area contributed by atoms with Gasteiger partial charge in [0.15, 0.2) is 5.75 Å². The Morgan fingerprint density at radius 2 is 2.00 bits per heavy atom. The van der Waals surface area contributed by atoms with E-state index in [4.69, 9.17) is 0 Å². The van der Waals surface area contributed by atoms with E-state index < -0.39 is 24.1 Å². The second kappa shape index (κ2) is 5.63. The summed E-state index contributed by atoms with van der Waals surface area (Å²) in [6.07, 6.45) is -7.01. The molecular formula is C8H4BrF5INO. The summed E-state index contributed by atoms with van der Waals surface area (Å²) in [7, 11) is 0. The lowest BCUT2D eigenvalue weighted by molar-refractivity contribution is -0.275. The highest BCUT2D eigenvalue weighted by Crippen LogP contribution is 2.36. The fraction of sp³-hybridized carbons (Fsp3) is 0.375. The minimum absolute atomic E-state index is 0.0298. The van der Waals surface area contributed by atoms with Crippen LogP contribution in [0.3, 0.4) is 0 Å². The van der Waals surface area contributed by atoms with Crippen LogP contribution in [0.4, 0.5) is 22.0 Å². The highest BCUT2D eigenvalue weighted by molar-refractivity contribution is 14.1. The van der Waals surface area contributed by atoms with Crippen molar-refractivity contribution in [3.8, 4) is 5.75 Å². The van der Waals surface area contributed by atoms with Crippen LogP contribution in [0.5, 0.6) is 5.75 Å². The van der Waals surface area contributed by atoms with Crippen molar-refractivity contribution in [1.29, 1.82) is 0 Å². The molecule has 1 heterocycles. The van der Waals surface area contributed by atoms with Gasteiger partial charge in [-0.05, 0) is 22.6 Å². The Kier molecular flexibility index (Phi) is 4.93. The summed E-state index contributed by atoms with van der Waals surface area (Å²) in [5.41, 5.74) is -0.675. The molecule has 0 aliphatic carbocycles.